The summed E-state index contributed by atoms with van der Waals surface area (Å²) in [5, 5.41) is 5.07. The number of urea groups is 1. The molecular formula is C17H25N3O2S. The lowest BCUT2D eigenvalue weighted by atomic mass is 10.2. The Labute approximate surface area is 141 Å². The number of rotatable bonds is 4. The van der Waals surface area contributed by atoms with Gasteiger partial charge in [0.2, 0.25) is 0 Å². The number of hydrogen-bond acceptors (Lipinski definition) is 3. The van der Waals surface area contributed by atoms with Crippen LogP contribution in [0.5, 0.6) is 0 Å². The smallest absolute Gasteiger partial charge is 0.317 e. The first-order valence-electron chi connectivity index (χ1n) is 8.57. The largest absolute Gasteiger partial charge is 0.336 e. The molecule has 126 valence electrons. The Morgan fingerprint density at radius 2 is 2.04 bits per heavy atom. The van der Waals surface area contributed by atoms with E-state index in [1.807, 2.05) is 27.3 Å². The summed E-state index contributed by atoms with van der Waals surface area (Å²) < 4.78 is 0. The molecule has 1 aromatic heterocycles. The second-order valence-corrected chi connectivity index (χ2v) is 7.40. The van der Waals surface area contributed by atoms with Crippen LogP contribution in [0.4, 0.5) is 4.79 Å². The summed E-state index contributed by atoms with van der Waals surface area (Å²) >= 11 is 1.48. The molecule has 3 amide bonds. The van der Waals surface area contributed by atoms with E-state index in [-0.39, 0.29) is 11.9 Å². The van der Waals surface area contributed by atoms with Crippen LogP contribution in [0.25, 0.3) is 0 Å². The monoisotopic (exact) mass is 335 g/mol. The summed E-state index contributed by atoms with van der Waals surface area (Å²) in [5.41, 5.74) is 0. The summed E-state index contributed by atoms with van der Waals surface area (Å²) in [7, 11) is 0. The van der Waals surface area contributed by atoms with Gasteiger partial charge in [0.1, 0.15) is 0 Å². The van der Waals surface area contributed by atoms with E-state index in [9.17, 15) is 9.59 Å². The third kappa shape index (κ3) is 4.05. The number of nitrogens with one attached hydrogen (secondary N) is 1. The van der Waals surface area contributed by atoms with Crippen LogP contribution < -0.4 is 5.32 Å². The number of carbonyl (C=O) groups is 2. The van der Waals surface area contributed by atoms with Gasteiger partial charge < -0.3 is 15.1 Å². The number of thiophene rings is 1. The zero-order valence-corrected chi connectivity index (χ0v) is 14.5. The zero-order valence-electron chi connectivity index (χ0n) is 13.7. The first kappa shape index (κ1) is 16.3. The third-order valence-corrected chi connectivity index (χ3v) is 5.55. The molecule has 2 heterocycles. The number of nitrogens with zero attached hydrogens (tertiary/aromatic N) is 2. The fraction of sp³-hybridized carbons (Fsp3) is 0.647. The molecule has 0 radical (unpaired) electrons. The van der Waals surface area contributed by atoms with E-state index in [1.165, 1.54) is 24.2 Å². The summed E-state index contributed by atoms with van der Waals surface area (Å²) in [4.78, 5) is 29.3. The molecule has 0 spiro atoms. The van der Waals surface area contributed by atoms with Gasteiger partial charge in [-0.15, -0.1) is 11.3 Å². The molecule has 2 aliphatic rings. The highest BCUT2D eigenvalue weighted by molar-refractivity contribution is 7.12. The molecule has 1 aromatic rings. The molecule has 1 saturated carbocycles. The van der Waals surface area contributed by atoms with Gasteiger partial charge in [0.15, 0.2) is 0 Å². The molecule has 6 heteroatoms. The van der Waals surface area contributed by atoms with Crippen molar-refractivity contribution in [2.45, 2.75) is 38.6 Å². The normalized spacial score (nSPS) is 24.2. The van der Waals surface area contributed by atoms with Crippen molar-refractivity contribution in [1.29, 1.82) is 0 Å². The maximum atomic E-state index is 12.4. The Kier molecular flexibility index (Phi) is 5.20. The Hall–Kier alpha value is -1.56. The Morgan fingerprint density at radius 1 is 1.26 bits per heavy atom. The lowest BCUT2D eigenvalue weighted by Gasteiger charge is -2.22. The lowest BCUT2D eigenvalue weighted by Crippen LogP contribution is -2.43. The third-order valence-electron chi connectivity index (χ3n) is 4.69. The molecule has 2 fully saturated rings. The van der Waals surface area contributed by atoms with Crippen molar-refractivity contribution < 1.29 is 9.59 Å². The molecule has 2 atom stereocenters. The van der Waals surface area contributed by atoms with Crippen LogP contribution in [0.3, 0.4) is 0 Å². The van der Waals surface area contributed by atoms with E-state index in [0.29, 0.717) is 25.0 Å². The van der Waals surface area contributed by atoms with Crippen molar-refractivity contribution in [2.24, 2.45) is 5.92 Å². The first-order valence-corrected chi connectivity index (χ1v) is 9.45. The number of carbonyl (C=O) groups excluding carboxylic acids is 2. The second-order valence-electron chi connectivity index (χ2n) is 6.45. The van der Waals surface area contributed by atoms with Gasteiger partial charge in [-0.05, 0) is 36.6 Å². The van der Waals surface area contributed by atoms with E-state index in [4.69, 9.17) is 0 Å². The SMILES string of the molecule is CCC[C@H]1C[C@@H]1NC(=O)N1CCCN(C(=O)c2cccs2)CC1. The minimum atomic E-state index is 0.0408. The zero-order chi connectivity index (χ0) is 16.2. The van der Waals surface area contributed by atoms with Gasteiger partial charge in [-0.25, -0.2) is 4.79 Å². The lowest BCUT2D eigenvalue weighted by molar-refractivity contribution is 0.0767. The number of hydrogen-bond donors (Lipinski definition) is 1. The van der Waals surface area contributed by atoms with Gasteiger partial charge in [-0.1, -0.05) is 19.4 Å². The van der Waals surface area contributed by atoms with Crippen molar-refractivity contribution in [3.63, 3.8) is 0 Å². The van der Waals surface area contributed by atoms with Gasteiger partial charge in [0, 0.05) is 32.2 Å². The van der Waals surface area contributed by atoms with Crippen LogP contribution in [-0.4, -0.2) is 54.0 Å². The van der Waals surface area contributed by atoms with Crippen LogP contribution in [0.2, 0.25) is 0 Å². The Morgan fingerprint density at radius 3 is 2.78 bits per heavy atom. The summed E-state index contributed by atoms with van der Waals surface area (Å²) in [6.45, 7) is 4.88. The van der Waals surface area contributed by atoms with Crippen LogP contribution >= 0.6 is 11.3 Å². The highest BCUT2D eigenvalue weighted by Gasteiger charge is 2.38. The Balaban J connectivity index is 1.48. The average molecular weight is 335 g/mol. The summed E-state index contributed by atoms with van der Waals surface area (Å²) in [6, 6.07) is 4.18. The van der Waals surface area contributed by atoms with Crippen LogP contribution in [0.15, 0.2) is 17.5 Å². The molecule has 1 saturated heterocycles. The molecule has 0 aromatic carbocycles. The maximum absolute atomic E-state index is 12.4. The van der Waals surface area contributed by atoms with Crippen molar-refractivity contribution in [3.8, 4) is 0 Å². The minimum absolute atomic E-state index is 0.0408. The topological polar surface area (TPSA) is 52.7 Å². The van der Waals surface area contributed by atoms with Crippen LogP contribution in [-0.2, 0) is 0 Å². The van der Waals surface area contributed by atoms with Gasteiger partial charge in [0.25, 0.3) is 5.91 Å². The van der Waals surface area contributed by atoms with Crippen molar-refractivity contribution >= 4 is 23.3 Å². The first-order chi connectivity index (χ1) is 11.2. The summed E-state index contributed by atoms with van der Waals surface area (Å²) in [5.74, 6) is 0.764. The van der Waals surface area contributed by atoms with Crippen molar-refractivity contribution in [3.05, 3.63) is 22.4 Å². The molecule has 1 N–H and O–H groups in total. The minimum Gasteiger partial charge on any atom is -0.336 e. The van der Waals surface area contributed by atoms with E-state index in [0.717, 1.165) is 30.8 Å². The molecule has 1 aliphatic heterocycles. The molecular weight excluding hydrogens is 310 g/mol. The standard InChI is InChI=1S/C17H25N3O2S/c1-2-5-13-12-14(13)18-17(22)20-8-4-7-19(9-10-20)16(21)15-6-3-11-23-15/h3,6,11,13-14H,2,4-5,7-10,12H2,1H3,(H,18,22)/t13-,14-/m0/s1. The highest BCUT2D eigenvalue weighted by Crippen LogP contribution is 2.34. The predicted octanol–water partition coefficient (Wildman–Crippen LogP) is 2.79. The fourth-order valence-electron chi connectivity index (χ4n) is 3.24. The van der Waals surface area contributed by atoms with E-state index in [1.54, 1.807) is 0 Å². The second kappa shape index (κ2) is 7.34. The quantitative estimate of drug-likeness (QED) is 0.920. The highest BCUT2D eigenvalue weighted by atomic mass is 32.1. The average Bonchev–Trinajstić information content (AvgIpc) is 3.11. The molecule has 1 aliphatic carbocycles. The molecule has 5 nitrogen and oxygen atoms in total. The van der Waals surface area contributed by atoms with E-state index in [2.05, 4.69) is 12.2 Å². The van der Waals surface area contributed by atoms with Crippen LogP contribution in [0.1, 0.15) is 42.3 Å². The molecule has 23 heavy (non-hydrogen) atoms. The molecule has 0 unspecified atom stereocenters. The fourth-order valence-corrected chi connectivity index (χ4v) is 3.93. The van der Waals surface area contributed by atoms with Gasteiger partial charge in [-0.2, -0.15) is 0 Å². The van der Waals surface area contributed by atoms with Gasteiger partial charge in [0.05, 0.1) is 4.88 Å². The van der Waals surface area contributed by atoms with Gasteiger partial charge >= 0.3 is 6.03 Å². The molecule has 0 bridgehead atoms. The van der Waals surface area contributed by atoms with Gasteiger partial charge in [-0.3, -0.25) is 4.79 Å². The molecule has 3 rings (SSSR count). The number of amides is 3. The maximum Gasteiger partial charge on any atom is 0.317 e. The van der Waals surface area contributed by atoms with Crippen molar-refractivity contribution in [1.82, 2.24) is 15.1 Å². The van der Waals surface area contributed by atoms with E-state index < -0.39 is 0 Å². The van der Waals surface area contributed by atoms with Crippen LogP contribution in [0, 0.1) is 5.92 Å². The predicted molar refractivity (Wildman–Crippen MR) is 91.7 cm³/mol. The summed E-state index contributed by atoms with van der Waals surface area (Å²) in [6.07, 6.45) is 4.35. The van der Waals surface area contributed by atoms with Crippen molar-refractivity contribution in [2.75, 3.05) is 26.2 Å². The Bertz CT molecular complexity index is 546. The van der Waals surface area contributed by atoms with E-state index >= 15 is 0 Å².